The van der Waals surface area contributed by atoms with Gasteiger partial charge in [0.2, 0.25) is 0 Å². The number of benzene rings is 2. The van der Waals surface area contributed by atoms with Crippen molar-refractivity contribution < 1.29 is 4.79 Å². The lowest BCUT2D eigenvalue weighted by Gasteiger charge is -2.13. The van der Waals surface area contributed by atoms with Gasteiger partial charge in [-0.05, 0) is 36.3 Å². The van der Waals surface area contributed by atoms with E-state index in [9.17, 15) is 10.1 Å². The fourth-order valence-corrected chi connectivity index (χ4v) is 2.32. The molecule has 0 aromatic heterocycles. The first-order valence-corrected chi connectivity index (χ1v) is 7.69. The van der Waals surface area contributed by atoms with Crippen LogP contribution in [0.5, 0.6) is 0 Å². The third-order valence-electron chi connectivity index (χ3n) is 3.27. The molecule has 0 aliphatic heterocycles. The summed E-state index contributed by atoms with van der Waals surface area (Å²) >= 11 is 11.8. The van der Waals surface area contributed by atoms with Gasteiger partial charge in [-0.1, -0.05) is 59.6 Å². The van der Waals surface area contributed by atoms with Gasteiger partial charge in [-0.25, -0.2) is 0 Å². The molecule has 2 rings (SSSR count). The number of nitriles is 1. The Hall–Kier alpha value is -2.28. The van der Waals surface area contributed by atoms with Crippen molar-refractivity contribution in [1.82, 2.24) is 5.32 Å². The van der Waals surface area contributed by atoms with Crippen molar-refractivity contribution in [2.45, 2.75) is 13.0 Å². The van der Waals surface area contributed by atoms with Gasteiger partial charge in [0.25, 0.3) is 5.91 Å². The summed E-state index contributed by atoms with van der Waals surface area (Å²) in [5.41, 5.74) is 1.61. The number of amides is 1. The molecule has 0 aliphatic carbocycles. The highest BCUT2D eigenvalue weighted by Gasteiger charge is 2.13. The summed E-state index contributed by atoms with van der Waals surface area (Å²) in [7, 11) is 0. The molecule has 5 heteroatoms. The monoisotopic (exact) mass is 344 g/mol. The first-order valence-electron chi connectivity index (χ1n) is 6.94. The zero-order valence-electron chi connectivity index (χ0n) is 12.4. The third-order valence-corrected chi connectivity index (χ3v) is 4.01. The molecule has 1 N–H and O–H groups in total. The number of rotatable bonds is 4. The highest BCUT2D eigenvalue weighted by Crippen LogP contribution is 2.23. The minimum absolute atomic E-state index is 0.00571. The predicted molar refractivity (Wildman–Crippen MR) is 93.1 cm³/mol. The normalized spacial score (nSPS) is 12.3. The highest BCUT2D eigenvalue weighted by atomic mass is 35.5. The minimum Gasteiger partial charge on any atom is -0.345 e. The largest absolute Gasteiger partial charge is 0.345 e. The molecule has 0 saturated heterocycles. The summed E-state index contributed by atoms with van der Waals surface area (Å²) in [6, 6.07) is 16.2. The quantitative estimate of drug-likeness (QED) is 0.641. The molecule has 1 unspecified atom stereocenters. The Kier molecular flexibility index (Phi) is 5.81. The Morgan fingerprint density at radius 3 is 2.48 bits per heavy atom. The minimum atomic E-state index is -0.435. The number of nitrogens with one attached hydrogen (secondary N) is 1. The lowest BCUT2D eigenvalue weighted by atomic mass is 10.1. The smallest absolute Gasteiger partial charge is 0.262 e. The molecule has 116 valence electrons. The van der Waals surface area contributed by atoms with Crippen LogP contribution >= 0.6 is 23.2 Å². The summed E-state index contributed by atoms with van der Waals surface area (Å²) in [6.07, 6.45) is 1.48. The SMILES string of the molecule is CC(NC(=O)C(C#N)=Cc1ccc(Cl)c(Cl)c1)c1ccccc1. The molecule has 2 aromatic rings. The van der Waals surface area contributed by atoms with E-state index in [0.29, 0.717) is 15.6 Å². The number of carbonyl (C=O) groups excluding carboxylic acids is 1. The molecular weight excluding hydrogens is 331 g/mol. The van der Waals surface area contributed by atoms with Crippen LogP contribution in [-0.2, 0) is 4.79 Å². The maximum absolute atomic E-state index is 12.3. The van der Waals surface area contributed by atoms with Crippen molar-refractivity contribution in [1.29, 1.82) is 5.26 Å². The van der Waals surface area contributed by atoms with Crippen LogP contribution in [-0.4, -0.2) is 5.91 Å². The molecule has 3 nitrogen and oxygen atoms in total. The van der Waals surface area contributed by atoms with Gasteiger partial charge in [0.1, 0.15) is 11.6 Å². The summed E-state index contributed by atoms with van der Waals surface area (Å²) < 4.78 is 0. The van der Waals surface area contributed by atoms with E-state index in [4.69, 9.17) is 23.2 Å². The van der Waals surface area contributed by atoms with Gasteiger partial charge in [-0.15, -0.1) is 0 Å². The van der Waals surface area contributed by atoms with Crippen LogP contribution in [0.25, 0.3) is 6.08 Å². The second-order valence-corrected chi connectivity index (χ2v) is 5.76. The number of hydrogen-bond donors (Lipinski definition) is 1. The average molecular weight is 345 g/mol. The molecular formula is C18H14Cl2N2O. The number of halogens is 2. The van der Waals surface area contributed by atoms with Gasteiger partial charge in [-0.2, -0.15) is 5.26 Å². The number of carbonyl (C=O) groups is 1. The predicted octanol–water partition coefficient (Wildman–Crippen LogP) is 4.78. The molecule has 0 spiro atoms. The molecule has 0 bridgehead atoms. The van der Waals surface area contributed by atoms with Crippen LogP contribution < -0.4 is 5.32 Å². The molecule has 0 saturated carbocycles. The van der Waals surface area contributed by atoms with Gasteiger partial charge in [0, 0.05) is 0 Å². The van der Waals surface area contributed by atoms with Crippen molar-refractivity contribution in [3.05, 3.63) is 75.3 Å². The van der Waals surface area contributed by atoms with E-state index < -0.39 is 5.91 Å². The van der Waals surface area contributed by atoms with Gasteiger partial charge < -0.3 is 5.32 Å². The van der Waals surface area contributed by atoms with E-state index in [1.54, 1.807) is 18.2 Å². The molecule has 0 aliphatic rings. The molecule has 1 atom stereocenters. The standard InChI is InChI=1S/C18H14Cl2N2O/c1-12(14-5-3-2-4-6-14)22-18(23)15(11-21)9-13-7-8-16(19)17(20)10-13/h2-10,12H,1H3,(H,22,23). The maximum atomic E-state index is 12.3. The molecule has 0 radical (unpaired) electrons. The summed E-state index contributed by atoms with van der Waals surface area (Å²) in [5.74, 6) is -0.435. The highest BCUT2D eigenvalue weighted by molar-refractivity contribution is 6.42. The topological polar surface area (TPSA) is 52.9 Å². The van der Waals surface area contributed by atoms with Crippen LogP contribution in [0.4, 0.5) is 0 Å². The maximum Gasteiger partial charge on any atom is 0.262 e. The van der Waals surface area contributed by atoms with Crippen LogP contribution in [0.3, 0.4) is 0 Å². The Labute approximate surface area is 145 Å². The second-order valence-electron chi connectivity index (χ2n) is 4.95. The summed E-state index contributed by atoms with van der Waals surface area (Å²) in [5, 5.41) is 12.8. The molecule has 2 aromatic carbocycles. The molecule has 23 heavy (non-hydrogen) atoms. The fraction of sp³-hybridized carbons (Fsp3) is 0.111. The zero-order chi connectivity index (χ0) is 16.8. The molecule has 0 heterocycles. The Morgan fingerprint density at radius 1 is 1.17 bits per heavy atom. The summed E-state index contributed by atoms with van der Waals surface area (Å²) in [6.45, 7) is 1.86. The summed E-state index contributed by atoms with van der Waals surface area (Å²) in [4.78, 5) is 12.3. The van der Waals surface area contributed by atoms with Gasteiger partial charge in [-0.3, -0.25) is 4.79 Å². The van der Waals surface area contributed by atoms with Crippen molar-refractivity contribution in [3.63, 3.8) is 0 Å². The van der Waals surface area contributed by atoms with Gasteiger partial charge in [0.05, 0.1) is 16.1 Å². The van der Waals surface area contributed by atoms with E-state index in [1.807, 2.05) is 43.3 Å². The van der Waals surface area contributed by atoms with E-state index in [2.05, 4.69) is 5.32 Å². The van der Waals surface area contributed by atoms with E-state index in [0.717, 1.165) is 5.56 Å². The van der Waals surface area contributed by atoms with E-state index >= 15 is 0 Å². The van der Waals surface area contributed by atoms with Crippen LogP contribution in [0, 0.1) is 11.3 Å². The molecule has 0 fully saturated rings. The van der Waals surface area contributed by atoms with Crippen molar-refractivity contribution in [3.8, 4) is 6.07 Å². The zero-order valence-corrected chi connectivity index (χ0v) is 13.9. The number of nitrogens with zero attached hydrogens (tertiary/aromatic N) is 1. The first kappa shape index (κ1) is 17.1. The van der Waals surface area contributed by atoms with Crippen LogP contribution in [0.1, 0.15) is 24.1 Å². The van der Waals surface area contributed by atoms with E-state index in [1.165, 1.54) is 6.08 Å². The number of hydrogen-bond acceptors (Lipinski definition) is 2. The van der Waals surface area contributed by atoms with Gasteiger partial charge in [0.15, 0.2) is 0 Å². The Morgan fingerprint density at radius 2 is 1.87 bits per heavy atom. The molecule has 1 amide bonds. The van der Waals surface area contributed by atoms with Crippen molar-refractivity contribution >= 4 is 35.2 Å². The van der Waals surface area contributed by atoms with E-state index in [-0.39, 0.29) is 11.6 Å². The fourth-order valence-electron chi connectivity index (χ4n) is 2.02. The first-order chi connectivity index (χ1) is 11.0. The lowest BCUT2D eigenvalue weighted by Crippen LogP contribution is -2.27. The second kappa shape index (κ2) is 7.82. The van der Waals surface area contributed by atoms with Crippen molar-refractivity contribution in [2.24, 2.45) is 0 Å². The van der Waals surface area contributed by atoms with Crippen molar-refractivity contribution in [2.75, 3.05) is 0 Å². The average Bonchev–Trinajstić information content (AvgIpc) is 2.56. The third kappa shape index (κ3) is 4.59. The lowest BCUT2D eigenvalue weighted by molar-refractivity contribution is -0.117. The van der Waals surface area contributed by atoms with Crippen LogP contribution in [0.15, 0.2) is 54.1 Å². The van der Waals surface area contributed by atoms with Crippen LogP contribution in [0.2, 0.25) is 10.0 Å². The van der Waals surface area contributed by atoms with Gasteiger partial charge >= 0.3 is 0 Å². The Bertz CT molecular complexity index is 779. The Balaban J connectivity index is 2.17.